The summed E-state index contributed by atoms with van der Waals surface area (Å²) in [6.07, 6.45) is 5.74. The first-order valence-electron chi connectivity index (χ1n) is 9.06. The van der Waals surface area contributed by atoms with Crippen LogP contribution in [0.25, 0.3) is 0 Å². The van der Waals surface area contributed by atoms with Gasteiger partial charge in [-0.25, -0.2) is 4.98 Å². The molecule has 136 valence electrons. The largest absolute Gasteiger partial charge is 0.300 e. The summed E-state index contributed by atoms with van der Waals surface area (Å²) in [7, 11) is 0. The van der Waals surface area contributed by atoms with Gasteiger partial charge in [0.15, 0.2) is 5.78 Å². The van der Waals surface area contributed by atoms with E-state index in [1.807, 2.05) is 24.3 Å². The molecule has 2 saturated carbocycles. The van der Waals surface area contributed by atoms with Gasteiger partial charge in [0.1, 0.15) is 5.82 Å². The summed E-state index contributed by atoms with van der Waals surface area (Å²) < 4.78 is 5.27. The van der Waals surface area contributed by atoms with Gasteiger partial charge >= 0.3 is 0 Å². The maximum atomic E-state index is 13.0. The van der Waals surface area contributed by atoms with E-state index in [4.69, 9.17) is 0 Å². The second-order valence-electron chi connectivity index (χ2n) is 7.09. The smallest absolute Gasteiger partial charge is 0.230 e. The Morgan fingerprint density at radius 1 is 1.04 bits per heavy atom. The molecule has 0 unspecified atom stereocenters. The van der Waals surface area contributed by atoms with Gasteiger partial charge in [0.05, 0.1) is 0 Å². The zero-order valence-corrected chi connectivity index (χ0v) is 16.7. The van der Waals surface area contributed by atoms with Crippen LogP contribution in [-0.4, -0.2) is 21.0 Å². The molecule has 1 heterocycles. The van der Waals surface area contributed by atoms with Crippen LogP contribution < -0.4 is 5.32 Å². The maximum Gasteiger partial charge on any atom is 0.230 e. The van der Waals surface area contributed by atoms with Crippen LogP contribution in [0.15, 0.2) is 28.7 Å². The lowest BCUT2D eigenvalue weighted by Gasteiger charge is -2.29. The number of rotatable bonds is 5. The molecule has 1 amide bonds. The number of hydrogen-bond acceptors (Lipinski definition) is 5. The van der Waals surface area contributed by atoms with Crippen molar-refractivity contribution >= 4 is 44.3 Å². The molecular formula is C19H20BrN3O2S. The van der Waals surface area contributed by atoms with E-state index in [0.717, 1.165) is 48.8 Å². The van der Waals surface area contributed by atoms with Crippen molar-refractivity contribution in [3.05, 3.63) is 40.1 Å². The first-order valence-corrected chi connectivity index (χ1v) is 10.6. The van der Waals surface area contributed by atoms with E-state index in [1.54, 1.807) is 0 Å². The number of ketones is 1. The Labute approximate surface area is 164 Å². The van der Waals surface area contributed by atoms with Crippen molar-refractivity contribution in [1.29, 1.82) is 0 Å². The molecule has 2 aliphatic carbocycles. The normalized spacial score (nSPS) is 22.8. The third-order valence-corrected chi connectivity index (χ3v) is 6.36. The summed E-state index contributed by atoms with van der Waals surface area (Å²) in [5, 5.41) is 3.46. The molecule has 2 fully saturated rings. The van der Waals surface area contributed by atoms with Gasteiger partial charge in [-0.05, 0) is 37.8 Å². The number of hydrogen-bond donors (Lipinski definition) is 1. The molecule has 2 aromatic rings. The summed E-state index contributed by atoms with van der Waals surface area (Å²) in [6.45, 7) is 0. The number of carbonyl (C=O) groups excluding carboxylic acids is 2. The lowest BCUT2D eigenvalue weighted by molar-refractivity contribution is -0.121. The summed E-state index contributed by atoms with van der Waals surface area (Å²) in [6, 6.07) is 7.38. The second-order valence-corrected chi connectivity index (χ2v) is 8.76. The monoisotopic (exact) mass is 433 g/mol. The molecule has 0 saturated heterocycles. The van der Waals surface area contributed by atoms with E-state index in [1.165, 1.54) is 11.5 Å². The fourth-order valence-electron chi connectivity index (χ4n) is 3.58. The number of aromatic nitrogens is 2. The third kappa shape index (κ3) is 3.88. The van der Waals surface area contributed by atoms with Gasteiger partial charge < -0.3 is 5.32 Å². The van der Waals surface area contributed by atoms with Gasteiger partial charge in [0.25, 0.3) is 0 Å². The Balaban J connectivity index is 1.47. The Morgan fingerprint density at radius 2 is 1.73 bits per heavy atom. The van der Waals surface area contributed by atoms with Crippen molar-refractivity contribution in [2.24, 2.45) is 11.8 Å². The predicted molar refractivity (Wildman–Crippen MR) is 104 cm³/mol. The summed E-state index contributed by atoms with van der Waals surface area (Å²) in [5.74, 6) is 0.718. The minimum atomic E-state index is -0.298. The number of amides is 1. The SMILES string of the molecule is O=C(Nc1nc(C2CC2)ns1)[C@H]1CCCC[C@@H]1C(=O)c1ccc(Br)cc1. The molecule has 0 bridgehead atoms. The fraction of sp³-hybridized carbons (Fsp3) is 0.474. The van der Waals surface area contributed by atoms with Crippen molar-refractivity contribution in [2.75, 3.05) is 5.32 Å². The van der Waals surface area contributed by atoms with Crippen LogP contribution in [0.3, 0.4) is 0 Å². The van der Waals surface area contributed by atoms with Crippen LogP contribution in [-0.2, 0) is 4.79 Å². The van der Waals surface area contributed by atoms with E-state index in [2.05, 4.69) is 30.6 Å². The van der Waals surface area contributed by atoms with E-state index >= 15 is 0 Å². The highest BCUT2D eigenvalue weighted by molar-refractivity contribution is 9.10. The average molecular weight is 434 g/mol. The lowest BCUT2D eigenvalue weighted by Crippen LogP contribution is -2.36. The van der Waals surface area contributed by atoms with Crippen LogP contribution in [0.5, 0.6) is 0 Å². The molecule has 26 heavy (non-hydrogen) atoms. The number of nitrogens with zero attached hydrogens (tertiary/aromatic N) is 2. The Kier molecular flexibility index (Phi) is 5.18. The molecule has 5 nitrogen and oxygen atoms in total. The van der Waals surface area contributed by atoms with Crippen molar-refractivity contribution < 1.29 is 9.59 Å². The molecule has 2 atom stereocenters. The van der Waals surface area contributed by atoms with Gasteiger partial charge in [-0.2, -0.15) is 4.37 Å². The Hall–Kier alpha value is -1.60. The zero-order valence-electron chi connectivity index (χ0n) is 14.3. The lowest BCUT2D eigenvalue weighted by atomic mass is 9.75. The van der Waals surface area contributed by atoms with Gasteiger partial charge in [-0.15, -0.1) is 0 Å². The average Bonchev–Trinajstić information content (AvgIpc) is 3.41. The molecule has 1 aromatic carbocycles. The minimum Gasteiger partial charge on any atom is -0.300 e. The van der Waals surface area contributed by atoms with Crippen molar-refractivity contribution in [1.82, 2.24) is 9.36 Å². The highest BCUT2D eigenvalue weighted by atomic mass is 79.9. The van der Waals surface area contributed by atoms with Crippen LogP contribution in [0.1, 0.15) is 60.6 Å². The molecular weight excluding hydrogens is 414 g/mol. The van der Waals surface area contributed by atoms with Crippen LogP contribution in [0.2, 0.25) is 0 Å². The van der Waals surface area contributed by atoms with Crippen molar-refractivity contribution in [3.63, 3.8) is 0 Å². The van der Waals surface area contributed by atoms with E-state index in [-0.39, 0.29) is 23.5 Å². The maximum absolute atomic E-state index is 13.0. The molecule has 4 rings (SSSR count). The number of anilines is 1. The van der Waals surface area contributed by atoms with E-state index in [9.17, 15) is 9.59 Å². The number of carbonyl (C=O) groups is 2. The molecule has 0 radical (unpaired) electrons. The highest BCUT2D eigenvalue weighted by Crippen LogP contribution is 2.39. The number of halogens is 1. The topological polar surface area (TPSA) is 72.0 Å². The van der Waals surface area contributed by atoms with Gasteiger partial charge in [0.2, 0.25) is 11.0 Å². The van der Waals surface area contributed by atoms with E-state index < -0.39 is 0 Å². The predicted octanol–water partition coefficient (Wildman–Crippen LogP) is 4.81. The molecule has 1 aromatic heterocycles. The molecule has 1 N–H and O–H groups in total. The number of nitrogens with one attached hydrogen (secondary N) is 1. The first-order chi connectivity index (χ1) is 12.6. The molecule has 0 aliphatic heterocycles. The summed E-state index contributed by atoms with van der Waals surface area (Å²) in [5.41, 5.74) is 0.671. The van der Waals surface area contributed by atoms with Gasteiger partial charge in [-0.1, -0.05) is 40.9 Å². The first kappa shape index (κ1) is 17.8. The second kappa shape index (κ2) is 7.56. The fourth-order valence-corrected chi connectivity index (χ4v) is 4.49. The number of benzene rings is 1. The quantitative estimate of drug-likeness (QED) is 0.686. The van der Waals surface area contributed by atoms with Crippen molar-refractivity contribution in [3.8, 4) is 0 Å². The van der Waals surface area contributed by atoms with Crippen LogP contribution in [0.4, 0.5) is 5.13 Å². The van der Waals surface area contributed by atoms with E-state index in [0.29, 0.717) is 16.6 Å². The molecule has 2 aliphatic rings. The van der Waals surface area contributed by atoms with Gasteiger partial charge in [-0.3, -0.25) is 9.59 Å². The standard InChI is InChI=1S/C19H20BrN3O2S/c20-13-9-7-11(8-10-13)16(24)14-3-1-2-4-15(14)18(25)22-19-21-17(23-26-19)12-5-6-12/h7-10,12,14-15H,1-6H2,(H,21,22,23,25)/t14-,15-/m0/s1. The minimum absolute atomic E-state index is 0.0632. The number of Topliss-reactive ketones (excluding diaryl/α,β-unsaturated/α-hetero) is 1. The van der Waals surface area contributed by atoms with Crippen LogP contribution >= 0.6 is 27.5 Å². The summed E-state index contributed by atoms with van der Waals surface area (Å²) >= 11 is 4.63. The van der Waals surface area contributed by atoms with Crippen LogP contribution in [0, 0.1) is 11.8 Å². The zero-order chi connectivity index (χ0) is 18.1. The highest BCUT2D eigenvalue weighted by Gasteiger charge is 2.36. The summed E-state index contributed by atoms with van der Waals surface area (Å²) in [4.78, 5) is 30.2. The Morgan fingerprint density at radius 3 is 2.42 bits per heavy atom. The molecule has 7 heteroatoms. The Bertz CT molecular complexity index is 816. The van der Waals surface area contributed by atoms with Crippen molar-refractivity contribution in [2.45, 2.75) is 44.4 Å². The molecule has 0 spiro atoms. The third-order valence-electron chi connectivity index (χ3n) is 5.18. The van der Waals surface area contributed by atoms with Gasteiger partial charge in [0, 0.05) is 39.3 Å².